The number of rotatable bonds is 9. The maximum Gasteiger partial charge on any atom is 0.269 e. The third kappa shape index (κ3) is 6.20. The van der Waals surface area contributed by atoms with E-state index in [1.165, 1.54) is 0 Å². The number of morpholine rings is 1. The molecule has 0 unspecified atom stereocenters. The molecule has 8 heteroatoms. The number of halogens is 1. The summed E-state index contributed by atoms with van der Waals surface area (Å²) in [4.78, 5) is 14.9. The van der Waals surface area contributed by atoms with E-state index in [2.05, 4.69) is 29.2 Å². The molecule has 0 spiro atoms. The quantitative estimate of drug-likeness (QED) is 0.613. The predicted molar refractivity (Wildman–Crippen MR) is 117 cm³/mol. The van der Waals surface area contributed by atoms with E-state index in [9.17, 15) is 4.79 Å². The van der Waals surface area contributed by atoms with Gasteiger partial charge in [0.15, 0.2) is 0 Å². The number of benzene rings is 1. The predicted octanol–water partition coefficient (Wildman–Crippen LogP) is 3.23. The Morgan fingerprint density at radius 1 is 1.30 bits per heavy atom. The largest absolute Gasteiger partial charge is 0.492 e. The van der Waals surface area contributed by atoms with Gasteiger partial charge in [0, 0.05) is 33.2 Å². The molecular formula is C22H31ClN4O3. The van der Waals surface area contributed by atoms with Crippen LogP contribution in [0, 0.1) is 0 Å². The zero-order valence-electron chi connectivity index (χ0n) is 18.0. The minimum absolute atomic E-state index is 0.156. The van der Waals surface area contributed by atoms with Crippen molar-refractivity contribution in [1.29, 1.82) is 0 Å². The van der Waals surface area contributed by atoms with Crippen LogP contribution in [0.25, 0.3) is 0 Å². The van der Waals surface area contributed by atoms with Gasteiger partial charge in [-0.25, -0.2) is 0 Å². The molecule has 1 fully saturated rings. The van der Waals surface area contributed by atoms with E-state index in [0.29, 0.717) is 29.6 Å². The molecule has 0 aliphatic carbocycles. The van der Waals surface area contributed by atoms with Crippen molar-refractivity contribution < 1.29 is 14.3 Å². The van der Waals surface area contributed by atoms with Crippen LogP contribution in [-0.4, -0.2) is 60.0 Å². The van der Waals surface area contributed by atoms with Crippen LogP contribution in [0.15, 0.2) is 24.3 Å². The lowest BCUT2D eigenvalue weighted by molar-refractivity contribution is 0.0358. The highest BCUT2D eigenvalue weighted by Crippen LogP contribution is 2.25. The van der Waals surface area contributed by atoms with Gasteiger partial charge >= 0.3 is 0 Å². The highest BCUT2D eigenvalue weighted by Gasteiger charge is 2.15. The molecule has 30 heavy (non-hydrogen) atoms. The summed E-state index contributed by atoms with van der Waals surface area (Å²) in [6, 6.07) is 7.45. The van der Waals surface area contributed by atoms with Gasteiger partial charge in [0.25, 0.3) is 5.91 Å². The summed E-state index contributed by atoms with van der Waals surface area (Å²) < 4.78 is 12.8. The highest BCUT2D eigenvalue weighted by molar-refractivity contribution is 6.32. The number of nitrogens with one attached hydrogen (secondary N) is 1. The van der Waals surface area contributed by atoms with Crippen LogP contribution in [0.5, 0.6) is 5.75 Å². The van der Waals surface area contributed by atoms with Crippen LogP contribution in [0.1, 0.15) is 47.9 Å². The Kier molecular flexibility index (Phi) is 8.13. The number of ether oxygens (including phenoxy) is 2. The number of carbonyl (C=O) groups excluding carboxylic acids is 1. The third-order valence-electron chi connectivity index (χ3n) is 5.15. The minimum Gasteiger partial charge on any atom is -0.492 e. The smallest absolute Gasteiger partial charge is 0.269 e. The Morgan fingerprint density at radius 2 is 2.07 bits per heavy atom. The Labute approximate surface area is 183 Å². The number of aryl methyl sites for hydroxylation is 1. The third-order valence-corrected chi connectivity index (χ3v) is 5.45. The van der Waals surface area contributed by atoms with Crippen molar-refractivity contribution in [2.75, 3.05) is 39.5 Å². The number of carbonyl (C=O) groups is 1. The summed E-state index contributed by atoms with van der Waals surface area (Å²) >= 11 is 6.37. The average molecular weight is 435 g/mol. The lowest BCUT2D eigenvalue weighted by Crippen LogP contribution is -2.37. The number of hydrogen-bond donors (Lipinski definition) is 1. The number of hydrogen-bond acceptors (Lipinski definition) is 5. The van der Waals surface area contributed by atoms with Crippen LogP contribution in [0.4, 0.5) is 0 Å². The Morgan fingerprint density at radius 3 is 2.73 bits per heavy atom. The van der Waals surface area contributed by atoms with Crippen molar-refractivity contribution in [3.63, 3.8) is 0 Å². The van der Waals surface area contributed by atoms with Crippen molar-refractivity contribution in [3.8, 4) is 5.75 Å². The molecule has 0 radical (unpaired) electrons. The Balaban J connectivity index is 1.46. The molecule has 0 bridgehead atoms. The van der Waals surface area contributed by atoms with Gasteiger partial charge in [0.2, 0.25) is 0 Å². The van der Waals surface area contributed by atoms with E-state index in [1.807, 2.05) is 24.3 Å². The fraction of sp³-hybridized carbons (Fsp3) is 0.545. The highest BCUT2D eigenvalue weighted by atomic mass is 35.5. The molecule has 164 valence electrons. The van der Waals surface area contributed by atoms with Crippen LogP contribution in [0.3, 0.4) is 0 Å². The van der Waals surface area contributed by atoms with Gasteiger partial charge in [-0.05, 0) is 36.1 Å². The number of aromatic nitrogens is 2. The second-order valence-corrected chi connectivity index (χ2v) is 8.24. The molecule has 7 nitrogen and oxygen atoms in total. The van der Waals surface area contributed by atoms with E-state index >= 15 is 0 Å². The normalized spacial score (nSPS) is 14.8. The van der Waals surface area contributed by atoms with Crippen LogP contribution >= 0.6 is 11.6 Å². The molecule has 1 aliphatic rings. The van der Waals surface area contributed by atoms with Crippen LogP contribution in [-0.2, 0) is 18.3 Å². The van der Waals surface area contributed by atoms with Crippen molar-refractivity contribution in [2.45, 2.75) is 32.7 Å². The standard InChI is InChI=1S/C22H31ClN4O3/c1-16(2)19-14-20(26(3)25-19)22(28)24-15-17-5-6-21(18(23)13-17)30-10-4-7-27-8-11-29-12-9-27/h5-6,13-14,16H,4,7-12,15H2,1-3H3,(H,24,28). The maximum absolute atomic E-state index is 12.5. The molecule has 2 aromatic rings. The molecule has 2 heterocycles. The van der Waals surface area contributed by atoms with E-state index < -0.39 is 0 Å². The van der Waals surface area contributed by atoms with Crippen molar-refractivity contribution in [3.05, 3.63) is 46.2 Å². The number of amides is 1. The molecule has 1 aliphatic heterocycles. The summed E-state index contributed by atoms with van der Waals surface area (Å²) in [5, 5.41) is 7.87. The molecule has 1 aromatic heterocycles. The first kappa shape index (κ1) is 22.6. The zero-order chi connectivity index (χ0) is 21.5. The van der Waals surface area contributed by atoms with Gasteiger partial charge in [0.1, 0.15) is 11.4 Å². The maximum atomic E-state index is 12.5. The van der Waals surface area contributed by atoms with Gasteiger partial charge in [-0.3, -0.25) is 14.4 Å². The molecule has 1 saturated heterocycles. The van der Waals surface area contributed by atoms with Crippen molar-refractivity contribution in [1.82, 2.24) is 20.0 Å². The van der Waals surface area contributed by atoms with Crippen LogP contribution in [0.2, 0.25) is 5.02 Å². The Hall–Kier alpha value is -2.09. The topological polar surface area (TPSA) is 68.6 Å². The SMILES string of the molecule is CC(C)c1cc(C(=O)NCc2ccc(OCCCN3CCOCC3)c(Cl)c2)n(C)n1. The molecule has 3 rings (SSSR count). The van der Waals surface area contributed by atoms with Gasteiger partial charge in [-0.1, -0.05) is 31.5 Å². The second kappa shape index (κ2) is 10.8. The molecule has 1 aromatic carbocycles. The molecular weight excluding hydrogens is 404 g/mol. The monoisotopic (exact) mass is 434 g/mol. The summed E-state index contributed by atoms with van der Waals surface area (Å²) in [6.45, 7) is 9.70. The van der Waals surface area contributed by atoms with Gasteiger partial charge in [-0.2, -0.15) is 5.10 Å². The molecule has 1 N–H and O–H groups in total. The van der Waals surface area contributed by atoms with E-state index in [0.717, 1.165) is 50.5 Å². The fourth-order valence-electron chi connectivity index (χ4n) is 3.32. The zero-order valence-corrected chi connectivity index (χ0v) is 18.7. The summed E-state index contributed by atoms with van der Waals surface area (Å²) in [7, 11) is 1.78. The van der Waals surface area contributed by atoms with Gasteiger partial charge in [-0.15, -0.1) is 0 Å². The average Bonchev–Trinajstić information content (AvgIpc) is 3.13. The molecule has 0 saturated carbocycles. The summed E-state index contributed by atoms with van der Waals surface area (Å²) in [6.07, 6.45) is 0.942. The Bertz CT molecular complexity index is 847. The van der Waals surface area contributed by atoms with E-state index in [1.54, 1.807) is 11.7 Å². The van der Waals surface area contributed by atoms with Crippen molar-refractivity contribution >= 4 is 17.5 Å². The first-order valence-corrected chi connectivity index (χ1v) is 10.9. The van der Waals surface area contributed by atoms with E-state index in [-0.39, 0.29) is 11.8 Å². The second-order valence-electron chi connectivity index (χ2n) is 7.84. The van der Waals surface area contributed by atoms with Crippen LogP contribution < -0.4 is 10.1 Å². The summed E-state index contributed by atoms with van der Waals surface area (Å²) in [5.74, 6) is 0.788. The van der Waals surface area contributed by atoms with Crippen molar-refractivity contribution in [2.24, 2.45) is 7.05 Å². The first-order chi connectivity index (χ1) is 14.4. The molecule has 1 amide bonds. The minimum atomic E-state index is -0.156. The lowest BCUT2D eigenvalue weighted by Gasteiger charge is -2.26. The number of nitrogens with zero attached hydrogens (tertiary/aromatic N) is 3. The lowest BCUT2D eigenvalue weighted by atomic mass is 10.1. The fourth-order valence-corrected chi connectivity index (χ4v) is 3.58. The summed E-state index contributed by atoms with van der Waals surface area (Å²) in [5.41, 5.74) is 2.37. The van der Waals surface area contributed by atoms with Gasteiger partial charge in [0.05, 0.1) is 30.5 Å². The first-order valence-electron chi connectivity index (χ1n) is 10.5. The van der Waals surface area contributed by atoms with Gasteiger partial charge < -0.3 is 14.8 Å². The molecule has 0 atom stereocenters. The van der Waals surface area contributed by atoms with E-state index in [4.69, 9.17) is 21.1 Å².